The summed E-state index contributed by atoms with van der Waals surface area (Å²) in [6, 6.07) is 5.02. The smallest absolute Gasteiger partial charge is 0.387 e. The largest absolute Gasteiger partial charge is 0.493 e. The summed E-state index contributed by atoms with van der Waals surface area (Å²) in [5.41, 5.74) is 0.855. The van der Waals surface area contributed by atoms with Crippen molar-refractivity contribution in [3.8, 4) is 11.5 Å². The maximum absolute atomic E-state index is 12.6. The summed E-state index contributed by atoms with van der Waals surface area (Å²) < 4.78 is 34.7. The van der Waals surface area contributed by atoms with Crippen molar-refractivity contribution in [2.24, 2.45) is 10.9 Å². The topological polar surface area (TPSA) is 75.2 Å². The lowest BCUT2D eigenvalue weighted by atomic mass is 9.93. The van der Waals surface area contributed by atoms with Crippen molar-refractivity contribution in [1.29, 1.82) is 0 Å². The molecule has 7 nitrogen and oxygen atoms in total. The Morgan fingerprint density at radius 1 is 1.31 bits per heavy atom. The summed E-state index contributed by atoms with van der Waals surface area (Å²) in [4.78, 5) is 18.0. The average molecular weight is 412 g/mol. The first-order valence-electron chi connectivity index (χ1n) is 9.74. The maximum Gasteiger partial charge on any atom is 0.387 e. The van der Waals surface area contributed by atoms with Crippen LogP contribution in [0.3, 0.4) is 0 Å². The number of likely N-dealkylation sites (tertiary alicyclic amines) is 1. The van der Waals surface area contributed by atoms with Crippen LogP contribution < -0.4 is 20.1 Å². The fourth-order valence-corrected chi connectivity index (χ4v) is 3.43. The lowest BCUT2D eigenvalue weighted by Gasteiger charge is -2.34. The fraction of sp³-hybridized carbons (Fsp3) is 0.600. The third kappa shape index (κ3) is 7.07. The van der Waals surface area contributed by atoms with Gasteiger partial charge in [0.1, 0.15) is 0 Å². The number of guanidine groups is 1. The van der Waals surface area contributed by atoms with Crippen molar-refractivity contribution in [3.05, 3.63) is 23.8 Å². The number of carbonyl (C=O) groups excluding carboxylic acids is 1. The van der Waals surface area contributed by atoms with Crippen LogP contribution in [0.1, 0.15) is 24.8 Å². The van der Waals surface area contributed by atoms with Gasteiger partial charge in [-0.3, -0.25) is 9.79 Å². The lowest BCUT2D eigenvalue weighted by molar-refractivity contribution is -0.121. The number of benzene rings is 1. The number of nitrogens with one attached hydrogen (secondary N) is 2. The van der Waals surface area contributed by atoms with E-state index in [0.29, 0.717) is 25.3 Å². The molecular formula is C20H30F2N4O3. The van der Waals surface area contributed by atoms with Gasteiger partial charge in [0.15, 0.2) is 17.5 Å². The number of carbonyl (C=O) groups is 1. The first-order valence-corrected chi connectivity index (χ1v) is 9.74. The zero-order valence-corrected chi connectivity index (χ0v) is 17.2. The van der Waals surface area contributed by atoms with Crippen molar-refractivity contribution in [3.63, 3.8) is 0 Å². The molecule has 1 aliphatic rings. The molecule has 0 aliphatic carbocycles. The molecule has 1 aliphatic heterocycles. The molecule has 0 atom stereocenters. The molecule has 1 heterocycles. The summed E-state index contributed by atoms with van der Waals surface area (Å²) in [5, 5.41) is 5.99. The first-order chi connectivity index (χ1) is 14.0. The lowest BCUT2D eigenvalue weighted by Crippen LogP contribution is -2.46. The van der Waals surface area contributed by atoms with Crippen molar-refractivity contribution >= 4 is 11.9 Å². The number of hydrogen-bond acceptors (Lipinski definition) is 4. The Morgan fingerprint density at radius 2 is 2.03 bits per heavy atom. The van der Waals surface area contributed by atoms with Crippen LogP contribution in [-0.4, -0.2) is 64.2 Å². The van der Waals surface area contributed by atoms with Crippen molar-refractivity contribution in [2.45, 2.75) is 32.3 Å². The third-order valence-electron chi connectivity index (χ3n) is 5.02. The fourth-order valence-electron chi connectivity index (χ4n) is 3.43. The number of halogens is 2. The van der Waals surface area contributed by atoms with E-state index in [1.807, 2.05) is 6.07 Å². The summed E-state index contributed by atoms with van der Waals surface area (Å²) >= 11 is 0. The van der Waals surface area contributed by atoms with Crippen LogP contribution in [0.15, 0.2) is 23.2 Å². The van der Waals surface area contributed by atoms with Crippen LogP contribution in [0.4, 0.5) is 8.78 Å². The molecule has 9 heteroatoms. The summed E-state index contributed by atoms with van der Waals surface area (Å²) in [6.07, 6.45) is 3.08. The molecule has 2 rings (SSSR count). The Morgan fingerprint density at radius 3 is 2.62 bits per heavy atom. The molecule has 1 aromatic carbocycles. The van der Waals surface area contributed by atoms with Crippen LogP contribution in [-0.2, 0) is 11.2 Å². The Kier molecular flexibility index (Phi) is 8.95. The molecule has 0 spiro atoms. The number of amides is 1. The van der Waals surface area contributed by atoms with Gasteiger partial charge in [0.2, 0.25) is 5.91 Å². The van der Waals surface area contributed by atoms with E-state index in [2.05, 4.69) is 25.3 Å². The van der Waals surface area contributed by atoms with Crippen LogP contribution >= 0.6 is 0 Å². The Labute approximate surface area is 170 Å². The highest BCUT2D eigenvalue weighted by atomic mass is 19.3. The SMILES string of the molecule is CN=C(NCCc1ccc(OC)c(OC(F)F)c1)N1CCC(CC(=O)NC)CC1. The van der Waals surface area contributed by atoms with E-state index >= 15 is 0 Å². The van der Waals surface area contributed by atoms with E-state index in [1.54, 1.807) is 26.2 Å². The molecule has 0 saturated carbocycles. The molecule has 1 aromatic rings. The predicted molar refractivity (Wildman–Crippen MR) is 108 cm³/mol. The molecule has 0 unspecified atom stereocenters. The number of methoxy groups -OCH3 is 1. The average Bonchev–Trinajstić information content (AvgIpc) is 2.71. The predicted octanol–water partition coefficient (Wildman–Crippen LogP) is 2.26. The van der Waals surface area contributed by atoms with Gasteiger partial charge < -0.3 is 25.0 Å². The number of alkyl halides is 2. The standard InChI is InChI=1S/C20H30F2N4O3/c1-23-18(27)13-15-7-10-26(11-8-15)20(24-2)25-9-6-14-4-5-16(28-3)17(12-14)29-19(21)22/h4-5,12,15,19H,6-11,13H2,1-3H3,(H,23,27)(H,24,25). The molecule has 0 radical (unpaired) electrons. The number of rotatable bonds is 8. The van der Waals surface area contributed by atoms with Gasteiger partial charge in [-0.1, -0.05) is 6.07 Å². The second-order valence-electron chi connectivity index (χ2n) is 6.90. The molecule has 162 valence electrons. The van der Waals surface area contributed by atoms with Gasteiger partial charge in [-0.05, 0) is 42.9 Å². The summed E-state index contributed by atoms with van der Waals surface area (Å²) in [5.74, 6) is 1.60. The number of hydrogen-bond donors (Lipinski definition) is 2. The van der Waals surface area contributed by atoms with Crippen LogP contribution in [0.5, 0.6) is 11.5 Å². The zero-order valence-electron chi connectivity index (χ0n) is 17.2. The number of piperidine rings is 1. The maximum atomic E-state index is 12.6. The molecule has 0 bridgehead atoms. The highest BCUT2D eigenvalue weighted by Crippen LogP contribution is 2.29. The van der Waals surface area contributed by atoms with Gasteiger partial charge in [-0.25, -0.2) is 0 Å². The number of ether oxygens (including phenoxy) is 2. The van der Waals surface area contributed by atoms with Crippen molar-refractivity contribution in [2.75, 3.05) is 40.8 Å². The second kappa shape index (κ2) is 11.4. The Hall–Kier alpha value is -2.58. The minimum Gasteiger partial charge on any atom is -0.493 e. The van der Waals surface area contributed by atoms with Crippen molar-refractivity contribution < 1.29 is 23.0 Å². The molecular weight excluding hydrogens is 382 g/mol. The zero-order chi connectivity index (χ0) is 21.2. The van der Waals surface area contributed by atoms with Gasteiger partial charge in [0, 0.05) is 40.2 Å². The molecule has 0 aromatic heterocycles. The van der Waals surface area contributed by atoms with E-state index in [0.717, 1.165) is 37.5 Å². The normalized spacial score (nSPS) is 15.4. The van der Waals surface area contributed by atoms with E-state index in [9.17, 15) is 13.6 Å². The van der Waals surface area contributed by atoms with Gasteiger partial charge in [-0.15, -0.1) is 0 Å². The van der Waals surface area contributed by atoms with E-state index < -0.39 is 6.61 Å². The minimum atomic E-state index is -2.90. The van der Waals surface area contributed by atoms with E-state index in [-0.39, 0.29) is 17.4 Å². The molecule has 1 saturated heterocycles. The third-order valence-corrected chi connectivity index (χ3v) is 5.02. The van der Waals surface area contributed by atoms with Crippen LogP contribution in [0, 0.1) is 5.92 Å². The second-order valence-corrected chi connectivity index (χ2v) is 6.90. The van der Waals surface area contributed by atoms with Gasteiger partial charge >= 0.3 is 6.61 Å². The van der Waals surface area contributed by atoms with Gasteiger partial charge in [-0.2, -0.15) is 8.78 Å². The highest BCUT2D eigenvalue weighted by Gasteiger charge is 2.23. The molecule has 1 amide bonds. The monoisotopic (exact) mass is 412 g/mol. The Balaban J connectivity index is 1.84. The minimum absolute atomic E-state index is 0.0302. The summed E-state index contributed by atoms with van der Waals surface area (Å²) in [6.45, 7) is -0.611. The van der Waals surface area contributed by atoms with Crippen molar-refractivity contribution in [1.82, 2.24) is 15.5 Å². The highest BCUT2D eigenvalue weighted by molar-refractivity contribution is 5.80. The molecule has 29 heavy (non-hydrogen) atoms. The first kappa shape index (κ1) is 22.7. The van der Waals surface area contributed by atoms with E-state index in [1.165, 1.54) is 7.11 Å². The van der Waals surface area contributed by atoms with Gasteiger partial charge in [0.05, 0.1) is 7.11 Å². The quantitative estimate of drug-likeness (QED) is 0.506. The number of nitrogens with zero attached hydrogens (tertiary/aromatic N) is 2. The van der Waals surface area contributed by atoms with Crippen LogP contribution in [0.2, 0.25) is 0 Å². The molecule has 2 N–H and O–H groups in total. The summed E-state index contributed by atoms with van der Waals surface area (Å²) in [7, 11) is 4.81. The van der Waals surface area contributed by atoms with Crippen LogP contribution in [0.25, 0.3) is 0 Å². The Bertz CT molecular complexity index is 692. The van der Waals surface area contributed by atoms with E-state index in [4.69, 9.17) is 4.74 Å². The number of aliphatic imine (C=N–C) groups is 1. The van der Waals surface area contributed by atoms with Gasteiger partial charge in [0.25, 0.3) is 0 Å². The molecule has 1 fully saturated rings.